The summed E-state index contributed by atoms with van der Waals surface area (Å²) in [6, 6.07) is 17.2. The fourth-order valence-electron chi connectivity index (χ4n) is 2.65. The number of methoxy groups -OCH3 is 1. The number of esters is 1. The fraction of sp³-hybridized carbons (Fsp3) is 0.174. The van der Waals surface area contributed by atoms with Gasteiger partial charge in [0.05, 0.1) is 18.5 Å². The summed E-state index contributed by atoms with van der Waals surface area (Å²) in [5, 5.41) is 4.69. The molecule has 1 unspecified atom stereocenters. The Morgan fingerprint density at radius 3 is 2.38 bits per heavy atom. The maximum atomic E-state index is 12.0. The van der Waals surface area contributed by atoms with Gasteiger partial charge in [-0.05, 0) is 56.3 Å². The smallest absolute Gasteiger partial charge is 0.331 e. The largest absolute Gasteiger partial charge is 0.497 e. The highest BCUT2D eigenvalue weighted by Gasteiger charge is 2.13. The van der Waals surface area contributed by atoms with E-state index in [2.05, 4.69) is 0 Å². The molecular weight excluding hydrogens is 368 g/mol. The first kappa shape index (κ1) is 20.1. The number of hydrogen-bond donors (Lipinski definition) is 0. The van der Waals surface area contributed by atoms with E-state index in [1.807, 2.05) is 60.8 Å². The molecule has 6 heteroatoms. The van der Waals surface area contributed by atoms with Crippen LogP contribution in [-0.4, -0.2) is 34.7 Å². The summed E-state index contributed by atoms with van der Waals surface area (Å²) in [6.45, 7) is 2.93. The van der Waals surface area contributed by atoms with E-state index in [9.17, 15) is 9.59 Å². The van der Waals surface area contributed by atoms with Gasteiger partial charge in [-0.3, -0.25) is 4.79 Å². The van der Waals surface area contributed by atoms with Crippen LogP contribution in [0.5, 0.6) is 5.75 Å². The van der Waals surface area contributed by atoms with Crippen LogP contribution in [0, 0.1) is 0 Å². The molecule has 0 bridgehead atoms. The fourth-order valence-corrected chi connectivity index (χ4v) is 2.65. The third-order valence-electron chi connectivity index (χ3n) is 4.39. The molecule has 0 N–H and O–H groups in total. The Morgan fingerprint density at radius 1 is 1.07 bits per heavy atom. The molecule has 0 saturated carbocycles. The van der Waals surface area contributed by atoms with Gasteiger partial charge in [0, 0.05) is 23.4 Å². The van der Waals surface area contributed by atoms with Gasteiger partial charge in [0.25, 0.3) is 0 Å². The Kier molecular flexibility index (Phi) is 6.24. The quantitative estimate of drug-likeness (QED) is 0.449. The molecule has 1 heterocycles. The van der Waals surface area contributed by atoms with Crippen molar-refractivity contribution < 1.29 is 19.1 Å². The molecule has 0 aliphatic rings. The Bertz CT molecular complexity index is 1020. The zero-order valence-electron chi connectivity index (χ0n) is 16.5. The first-order valence-electron chi connectivity index (χ1n) is 9.16. The van der Waals surface area contributed by atoms with Gasteiger partial charge in [-0.2, -0.15) is 5.10 Å². The summed E-state index contributed by atoms with van der Waals surface area (Å²) in [4.78, 5) is 23.3. The minimum atomic E-state index is -0.778. The van der Waals surface area contributed by atoms with E-state index in [1.54, 1.807) is 24.8 Å². The van der Waals surface area contributed by atoms with Gasteiger partial charge in [-0.1, -0.05) is 18.2 Å². The number of aromatic nitrogens is 2. The molecule has 0 saturated heterocycles. The van der Waals surface area contributed by atoms with E-state index in [4.69, 9.17) is 14.6 Å². The summed E-state index contributed by atoms with van der Waals surface area (Å²) in [7, 11) is 1.61. The van der Waals surface area contributed by atoms with Crippen molar-refractivity contribution in [3.63, 3.8) is 0 Å². The van der Waals surface area contributed by atoms with Gasteiger partial charge in [0.2, 0.25) is 0 Å². The summed E-state index contributed by atoms with van der Waals surface area (Å²) in [5.41, 5.74) is 3.23. The lowest BCUT2D eigenvalue weighted by Gasteiger charge is -2.07. The van der Waals surface area contributed by atoms with Crippen LogP contribution in [0.4, 0.5) is 0 Å². The van der Waals surface area contributed by atoms with Crippen LogP contribution in [-0.2, 0) is 14.3 Å². The highest BCUT2D eigenvalue weighted by atomic mass is 16.5. The van der Waals surface area contributed by atoms with Gasteiger partial charge < -0.3 is 9.47 Å². The summed E-state index contributed by atoms with van der Waals surface area (Å²) < 4.78 is 12.1. The van der Waals surface area contributed by atoms with Gasteiger partial charge in [0.1, 0.15) is 5.75 Å². The van der Waals surface area contributed by atoms with Crippen LogP contribution in [0.15, 0.2) is 66.9 Å². The number of Topliss-reactive ketones (excluding diaryl/α,β-unsaturated/α-hetero) is 1. The predicted octanol–water partition coefficient (Wildman–Crippen LogP) is 4.08. The lowest BCUT2D eigenvalue weighted by Crippen LogP contribution is -2.20. The zero-order valence-corrected chi connectivity index (χ0v) is 16.5. The second kappa shape index (κ2) is 9.01. The topological polar surface area (TPSA) is 70.4 Å². The Hall–Kier alpha value is -3.67. The molecule has 148 valence electrons. The Morgan fingerprint density at radius 2 is 1.76 bits per heavy atom. The number of hydrogen-bond acceptors (Lipinski definition) is 5. The molecule has 0 spiro atoms. The zero-order chi connectivity index (χ0) is 20.8. The highest BCUT2D eigenvalue weighted by molar-refractivity contribution is 5.91. The van der Waals surface area contributed by atoms with Crippen LogP contribution < -0.4 is 4.74 Å². The number of para-hydroxylation sites is 1. The highest BCUT2D eigenvalue weighted by Crippen LogP contribution is 2.26. The number of ether oxygens (including phenoxy) is 2. The monoisotopic (exact) mass is 390 g/mol. The van der Waals surface area contributed by atoms with Crippen molar-refractivity contribution >= 4 is 17.8 Å². The number of rotatable bonds is 7. The first-order chi connectivity index (χ1) is 14.0. The van der Waals surface area contributed by atoms with Crippen LogP contribution in [0.3, 0.4) is 0 Å². The third-order valence-corrected chi connectivity index (χ3v) is 4.39. The van der Waals surface area contributed by atoms with E-state index in [-0.39, 0.29) is 5.78 Å². The number of ketones is 1. The van der Waals surface area contributed by atoms with Crippen LogP contribution in [0.2, 0.25) is 0 Å². The summed E-state index contributed by atoms with van der Waals surface area (Å²) in [6.07, 6.45) is 4.01. The number of benzene rings is 2. The number of nitrogens with zero attached hydrogens (tertiary/aromatic N) is 2. The lowest BCUT2D eigenvalue weighted by molar-refractivity contribution is -0.148. The average molecular weight is 390 g/mol. The van der Waals surface area contributed by atoms with Crippen molar-refractivity contribution in [1.29, 1.82) is 0 Å². The van der Waals surface area contributed by atoms with Gasteiger partial charge >= 0.3 is 5.97 Å². The molecule has 2 aromatic carbocycles. The molecule has 0 fully saturated rings. The van der Waals surface area contributed by atoms with Crippen molar-refractivity contribution in [2.24, 2.45) is 0 Å². The molecule has 0 amide bonds. The van der Waals surface area contributed by atoms with Crippen molar-refractivity contribution in [1.82, 2.24) is 9.78 Å². The van der Waals surface area contributed by atoms with Crippen LogP contribution >= 0.6 is 0 Å². The number of carbonyl (C=O) groups is 2. The van der Waals surface area contributed by atoms with Crippen molar-refractivity contribution in [2.45, 2.75) is 20.0 Å². The number of carbonyl (C=O) groups excluding carboxylic acids is 2. The van der Waals surface area contributed by atoms with E-state index in [0.29, 0.717) is 5.69 Å². The van der Waals surface area contributed by atoms with Crippen LogP contribution in [0.25, 0.3) is 23.0 Å². The molecule has 29 heavy (non-hydrogen) atoms. The Balaban J connectivity index is 1.95. The lowest BCUT2D eigenvalue weighted by atomic mass is 10.1. The van der Waals surface area contributed by atoms with E-state index in [0.717, 1.165) is 22.6 Å². The SMILES string of the molecule is COc1ccc(-c2nn(-c3ccccc3)cc2/C=C/C(=O)OC(C)C(C)=O)cc1. The third kappa shape index (κ3) is 4.99. The molecule has 0 aliphatic carbocycles. The molecule has 1 aromatic heterocycles. The molecule has 0 aliphatic heterocycles. The Labute approximate surface area is 169 Å². The summed E-state index contributed by atoms with van der Waals surface area (Å²) >= 11 is 0. The maximum Gasteiger partial charge on any atom is 0.331 e. The molecule has 6 nitrogen and oxygen atoms in total. The van der Waals surface area contributed by atoms with Gasteiger partial charge in [-0.25, -0.2) is 9.48 Å². The van der Waals surface area contributed by atoms with Crippen LogP contribution in [0.1, 0.15) is 19.4 Å². The second-order valence-corrected chi connectivity index (χ2v) is 6.46. The van der Waals surface area contributed by atoms with E-state index >= 15 is 0 Å². The van der Waals surface area contributed by atoms with Crippen molar-refractivity contribution in [3.8, 4) is 22.7 Å². The van der Waals surface area contributed by atoms with Gasteiger partial charge in [0.15, 0.2) is 11.9 Å². The maximum absolute atomic E-state index is 12.0. The standard InChI is InChI=1S/C23H22N2O4/c1-16(26)17(2)29-22(27)14-11-19-15-25(20-7-5-4-6-8-20)24-23(19)18-9-12-21(28-3)13-10-18/h4-15,17H,1-3H3/b14-11+. The molecule has 3 rings (SSSR count). The van der Waals surface area contributed by atoms with E-state index < -0.39 is 12.1 Å². The predicted molar refractivity (Wildman–Crippen MR) is 111 cm³/mol. The molecular formula is C23H22N2O4. The first-order valence-corrected chi connectivity index (χ1v) is 9.16. The van der Waals surface area contributed by atoms with Crippen molar-refractivity contribution in [3.05, 3.63) is 72.4 Å². The second-order valence-electron chi connectivity index (χ2n) is 6.46. The van der Waals surface area contributed by atoms with Crippen molar-refractivity contribution in [2.75, 3.05) is 7.11 Å². The van der Waals surface area contributed by atoms with Gasteiger partial charge in [-0.15, -0.1) is 0 Å². The minimum Gasteiger partial charge on any atom is -0.497 e. The average Bonchev–Trinajstić information content (AvgIpc) is 3.17. The molecule has 3 aromatic rings. The normalized spacial score (nSPS) is 12.0. The summed E-state index contributed by atoms with van der Waals surface area (Å²) in [5.74, 6) is -0.0430. The van der Waals surface area contributed by atoms with E-state index in [1.165, 1.54) is 13.0 Å². The molecule has 1 atom stereocenters. The molecule has 0 radical (unpaired) electrons. The minimum absolute atomic E-state index is 0.206.